The third-order valence-corrected chi connectivity index (χ3v) is 2.11. The predicted octanol–water partition coefficient (Wildman–Crippen LogP) is -2.49. The van der Waals surface area contributed by atoms with Crippen LogP contribution in [0, 0.1) is 5.41 Å². The van der Waals surface area contributed by atoms with Gasteiger partial charge in [-0.05, 0) is 5.41 Å². The summed E-state index contributed by atoms with van der Waals surface area (Å²) < 4.78 is 0. The second kappa shape index (κ2) is 5.38. The number of aliphatic carboxylic acids is 1. The van der Waals surface area contributed by atoms with Gasteiger partial charge < -0.3 is 23.2 Å². The first kappa shape index (κ1) is 14.3. The summed E-state index contributed by atoms with van der Waals surface area (Å²) in [5, 5.41) is 8.58. The summed E-state index contributed by atoms with van der Waals surface area (Å²) in [5.41, 5.74) is 3.67. The van der Waals surface area contributed by atoms with Gasteiger partial charge in [0, 0.05) is 6.42 Å². The first-order chi connectivity index (χ1) is 4.89. The van der Waals surface area contributed by atoms with Crippen LogP contribution in [0.15, 0.2) is 0 Å². The Hall–Kier alpha value is -0.280. The van der Waals surface area contributed by atoms with Gasteiger partial charge in [0.2, 0.25) is 0 Å². The molecule has 1 atom stereocenters. The molecule has 0 aromatic carbocycles. The van der Waals surface area contributed by atoms with E-state index in [1.807, 2.05) is 0 Å². The minimum Gasteiger partial charge on any atom is -1.00 e. The number of halogens is 1. The molecule has 0 amide bonds. The highest BCUT2D eigenvalue weighted by molar-refractivity contribution is 5.71. The van der Waals surface area contributed by atoms with Gasteiger partial charge in [0.25, 0.3) is 0 Å². The van der Waals surface area contributed by atoms with E-state index in [0.717, 1.165) is 6.42 Å². The minimum atomic E-state index is -0.800. The van der Waals surface area contributed by atoms with E-state index in [9.17, 15) is 4.79 Å². The molecule has 0 rings (SSSR count). The van der Waals surface area contributed by atoms with Crippen LogP contribution in [0.4, 0.5) is 0 Å². The molecule has 0 aliphatic carbocycles. The molecule has 0 spiro atoms. The smallest absolute Gasteiger partial charge is 0.362 e. The molecule has 0 heterocycles. The summed E-state index contributed by atoms with van der Waals surface area (Å²) in [4.78, 5) is 10.4. The lowest BCUT2D eigenvalue weighted by Gasteiger charge is -2.22. The van der Waals surface area contributed by atoms with E-state index < -0.39 is 12.0 Å². The van der Waals surface area contributed by atoms with Crippen LogP contribution in [0.5, 0.6) is 0 Å². The Kier molecular flexibility index (Phi) is 6.39. The van der Waals surface area contributed by atoms with Crippen LogP contribution in [-0.2, 0) is 4.79 Å². The predicted molar refractivity (Wildman–Crippen MR) is 43.0 cm³/mol. The van der Waals surface area contributed by atoms with E-state index in [1.165, 1.54) is 0 Å². The molecule has 0 bridgehead atoms. The van der Waals surface area contributed by atoms with Crippen LogP contribution in [0.1, 0.15) is 33.6 Å². The van der Waals surface area contributed by atoms with Crippen LogP contribution >= 0.6 is 0 Å². The molecule has 74 valence electrons. The van der Waals surface area contributed by atoms with Crippen molar-refractivity contribution in [3.63, 3.8) is 0 Å². The van der Waals surface area contributed by atoms with Gasteiger partial charge >= 0.3 is 5.97 Å². The van der Waals surface area contributed by atoms with E-state index >= 15 is 0 Å². The molecule has 12 heavy (non-hydrogen) atoms. The standard InChI is InChI=1S/C8H17NO2.ClH/c1-4-8(2,3)5-6(9)7(10)11;/h6H,4-5,9H2,1-3H3,(H,10,11);1H. The first-order valence-electron chi connectivity index (χ1n) is 3.95. The molecule has 3 nitrogen and oxygen atoms in total. The second-order valence-electron chi connectivity index (χ2n) is 3.76. The molecule has 4 N–H and O–H groups in total. The average molecular weight is 196 g/mol. The molecule has 1 unspecified atom stereocenters. The van der Waals surface area contributed by atoms with Crippen molar-refractivity contribution >= 4 is 5.97 Å². The number of rotatable bonds is 4. The Labute approximate surface area is 79.7 Å². The summed E-state index contributed by atoms with van der Waals surface area (Å²) in [6.07, 6.45) is 1.64. The third-order valence-electron chi connectivity index (χ3n) is 2.11. The van der Waals surface area contributed by atoms with Crippen molar-refractivity contribution in [3.8, 4) is 0 Å². The maximum Gasteiger partial charge on any atom is 0.362 e. The third kappa shape index (κ3) is 5.38. The fourth-order valence-electron chi connectivity index (χ4n) is 0.899. The minimum absolute atomic E-state index is 0. The van der Waals surface area contributed by atoms with Crippen LogP contribution < -0.4 is 18.1 Å². The Morgan fingerprint density at radius 1 is 1.58 bits per heavy atom. The van der Waals surface area contributed by atoms with Crippen LogP contribution in [0.25, 0.3) is 0 Å². The van der Waals surface area contributed by atoms with E-state index in [1.54, 1.807) is 0 Å². The molecular weight excluding hydrogens is 178 g/mol. The van der Waals surface area contributed by atoms with Gasteiger partial charge in [-0.1, -0.05) is 27.2 Å². The lowest BCUT2D eigenvalue weighted by atomic mass is 9.83. The molecule has 0 aromatic heterocycles. The monoisotopic (exact) mass is 195 g/mol. The Morgan fingerprint density at radius 3 is 2.25 bits per heavy atom. The zero-order valence-corrected chi connectivity index (χ0v) is 8.69. The maximum absolute atomic E-state index is 10.4. The lowest BCUT2D eigenvalue weighted by molar-refractivity contribution is -0.412. The summed E-state index contributed by atoms with van der Waals surface area (Å²) >= 11 is 0. The van der Waals surface area contributed by atoms with E-state index in [-0.39, 0.29) is 17.8 Å². The molecule has 0 aromatic rings. The number of carboxylic acids is 1. The molecule has 0 aliphatic heterocycles. The number of hydrogen-bond donors (Lipinski definition) is 2. The van der Waals surface area contributed by atoms with Crippen molar-refractivity contribution in [1.29, 1.82) is 0 Å². The second-order valence-corrected chi connectivity index (χ2v) is 3.76. The summed E-state index contributed by atoms with van der Waals surface area (Å²) in [6, 6.07) is -0.468. The zero-order chi connectivity index (χ0) is 9.07. The van der Waals surface area contributed by atoms with E-state index in [4.69, 9.17) is 5.11 Å². The van der Waals surface area contributed by atoms with Crippen LogP contribution in [0.2, 0.25) is 0 Å². The van der Waals surface area contributed by atoms with Crippen molar-refractivity contribution in [3.05, 3.63) is 0 Å². The fourth-order valence-corrected chi connectivity index (χ4v) is 0.899. The van der Waals surface area contributed by atoms with Gasteiger partial charge in [-0.15, -0.1) is 0 Å². The van der Waals surface area contributed by atoms with Crippen molar-refractivity contribution in [1.82, 2.24) is 0 Å². The number of carbonyl (C=O) groups is 1. The normalized spacial score (nSPS) is 13.3. The molecule has 0 saturated heterocycles. The highest BCUT2D eigenvalue weighted by Crippen LogP contribution is 2.24. The van der Waals surface area contributed by atoms with Gasteiger partial charge in [-0.25, -0.2) is 4.79 Å². The van der Waals surface area contributed by atoms with Gasteiger partial charge in [0.05, 0.1) is 0 Å². The fraction of sp³-hybridized carbons (Fsp3) is 0.875. The van der Waals surface area contributed by atoms with Crippen molar-refractivity contribution < 1.29 is 28.0 Å². The Morgan fingerprint density at radius 2 is 2.00 bits per heavy atom. The van der Waals surface area contributed by atoms with Gasteiger partial charge in [0.15, 0.2) is 6.04 Å². The Balaban J connectivity index is 0. The maximum atomic E-state index is 10.4. The lowest BCUT2D eigenvalue weighted by Crippen LogP contribution is -3.00. The number of hydrogen-bond acceptors (Lipinski definition) is 1. The van der Waals surface area contributed by atoms with Crippen molar-refractivity contribution in [2.24, 2.45) is 5.41 Å². The largest absolute Gasteiger partial charge is 1.00 e. The highest BCUT2D eigenvalue weighted by atomic mass is 35.5. The van der Waals surface area contributed by atoms with Gasteiger partial charge in [-0.2, -0.15) is 0 Å². The summed E-state index contributed by atoms with van der Waals surface area (Å²) in [6.45, 7) is 6.19. The highest BCUT2D eigenvalue weighted by Gasteiger charge is 2.25. The zero-order valence-electron chi connectivity index (χ0n) is 7.93. The number of quaternary nitrogens is 1. The molecule has 4 heteroatoms. The molecule has 0 radical (unpaired) electrons. The summed E-state index contributed by atoms with van der Waals surface area (Å²) in [5.74, 6) is -0.800. The van der Waals surface area contributed by atoms with Crippen molar-refractivity contribution in [2.45, 2.75) is 39.7 Å². The van der Waals surface area contributed by atoms with Crippen molar-refractivity contribution in [2.75, 3.05) is 0 Å². The molecule has 0 saturated carbocycles. The topological polar surface area (TPSA) is 64.9 Å². The Bertz CT molecular complexity index is 148. The van der Waals surface area contributed by atoms with E-state index in [2.05, 4.69) is 26.5 Å². The summed E-state index contributed by atoms with van der Waals surface area (Å²) in [7, 11) is 0. The van der Waals surface area contributed by atoms with Gasteiger partial charge in [-0.3, -0.25) is 0 Å². The van der Waals surface area contributed by atoms with Crippen LogP contribution in [-0.4, -0.2) is 17.1 Å². The SMILES string of the molecule is CCC(C)(C)CC([NH3+])C(=O)O.[Cl-]. The average Bonchev–Trinajstić information content (AvgIpc) is 1.87. The van der Waals surface area contributed by atoms with Gasteiger partial charge in [0.1, 0.15) is 0 Å². The molecular formula is C8H18ClNO2. The first-order valence-corrected chi connectivity index (χ1v) is 3.95. The molecule has 0 aliphatic rings. The molecule has 0 fully saturated rings. The number of carboxylic acid groups (broad SMARTS) is 1. The quantitative estimate of drug-likeness (QED) is 0.522. The van der Waals surface area contributed by atoms with Crippen LogP contribution in [0.3, 0.4) is 0 Å². The van der Waals surface area contributed by atoms with E-state index in [0.29, 0.717) is 6.42 Å².